The number of amides is 1. The Morgan fingerprint density at radius 1 is 1.31 bits per heavy atom. The van der Waals surface area contributed by atoms with E-state index in [0.29, 0.717) is 6.54 Å². The van der Waals surface area contributed by atoms with Gasteiger partial charge in [0.25, 0.3) is 0 Å². The molecule has 1 heterocycles. The van der Waals surface area contributed by atoms with Crippen molar-refractivity contribution in [3.05, 3.63) is 0 Å². The first kappa shape index (κ1) is 8.85. The van der Waals surface area contributed by atoms with Crippen molar-refractivity contribution < 1.29 is 9.53 Å². The van der Waals surface area contributed by atoms with Crippen molar-refractivity contribution >= 4 is 6.09 Å². The molecule has 0 aromatic heterocycles. The number of ether oxygens (including phenoxy) is 1. The summed E-state index contributed by atoms with van der Waals surface area (Å²) in [4.78, 5) is 11.1. The van der Waals surface area contributed by atoms with Crippen LogP contribution in [0, 0.1) is 5.41 Å². The van der Waals surface area contributed by atoms with Crippen molar-refractivity contribution in [2.45, 2.75) is 45.1 Å². The maximum absolute atomic E-state index is 11.1. The average Bonchev–Trinajstić information content (AvgIpc) is 2.41. The van der Waals surface area contributed by atoms with Crippen LogP contribution in [0.4, 0.5) is 4.79 Å². The molecule has 2 fully saturated rings. The molecule has 1 spiro atoms. The largest absolute Gasteiger partial charge is 0.440 e. The van der Waals surface area contributed by atoms with Gasteiger partial charge in [0.05, 0.1) is 6.54 Å². The minimum Gasteiger partial charge on any atom is -0.440 e. The lowest BCUT2D eigenvalue weighted by Crippen LogP contribution is -2.49. The average molecular weight is 183 g/mol. The summed E-state index contributed by atoms with van der Waals surface area (Å²) < 4.78 is 5.46. The highest BCUT2D eigenvalue weighted by atomic mass is 16.6. The Bertz CT molecular complexity index is 237. The predicted octanol–water partition coefficient (Wildman–Crippen LogP) is 2.07. The first-order valence-electron chi connectivity index (χ1n) is 5.03. The number of carbonyl (C=O) groups excluding carboxylic acids is 1. The fourth-order valence-electron chi connectivity index (χ4n) is 2.53. The summed E-state index contributed by atoms with van der Waals surface area (Å²) in [6.45, 7) is 5.09. The third-order valence-electron chi connectivity index (χ3n) is 3.67. The van der Waals surface area contributed by atoms with Gasteiger partial charge in [0.15, 0.2) is 0 Å². The minimum absolute atomic E-state index is 0.129. The molecule has 0 aromatic carbocycles. The molecule has 74 valence electrons. The standard InChI is InChI=1S/C10H17NO2/c1-9(2)5-3-4-6-10(9)7-11-8(12)13-10/h3-7H2,1-2H3,(H,11,12). The number of hydrogen-bond acceptors (Lipinski definition) is 2. The Morgan fingerprint density at radius 2 is 2.00 bits per heavy atom. The quantitative estimate of drug-likeness (QED) is 0.624. The molecule has 0 radical (unpaired) electrons. The maximum atomic E-state index is 11.1. The molecule has 2 aliphatic rings. The van der Waals surface area contributed by atoms with E-state index in [9.17, 15) is 4.79 Å². The zero-order valence-electron chi connectivity index (χ0n) is 8.35. The fraction of sp³-hybridized carbons (Fsp3) is 0.900. The molecule has 1 aliphatic heterocycles. The van der Waals surface area contributed by atoms with E-state index in [2.05, 4.69) is 19.2 Å². The van der Waals surface area contributed by atoms with Gasteiger partial charge in [-0.15, -0.1) is 0 Å². The molecule has 2 rings (SSSR count). The van der Waals surface area contributed by atoms with Gasteiger partial charge in [-0.25, -0.2) is 4.79 Å². The Morgan fingerprint density at radius 3 is 2.54 bits per heavy atom. The smallest absolute Gasteiger partial charge is 0.407 e. The topological polar surface area (TPSA) is 38.3 Å². The molecule has 1 amide bonds. The van der Waals surface area contributed by atoms with E-state index in [1.807, 2.05) is 0 Å². The van der Waals surface area contributed by atoms with Crippen LogP contribution in [0.1, 0.15) is 39.5 Å². The van der Waals surface area contributed by atoms with E-state index < -0.39 is 0 Å². The minimum atomic E-state index is -0.241. The van der Waals surface area contributed by atoms with Crippen molar-refractivity contribution in [2.24, 2.45) is 5.41 Å². The van der Waals surface area contributed by atoms with Crippen LogP contribution >= 0.6 is 0 Å². The van der Waals surface area contributed by atoms with Gasteiger partial charge in [0.2, 0.25) is 0 Å². The van der Waals surface area contributed by atoms with Gasteiger partial charge in [-0.1, -0.05) is 20.3 Å². The summed E-state index contributed by atoms with van der Waals surface area (Å²) in [5.74, 6) is 0. The molecule has 3 heteroatoms. The van der Waals surface area contributed by atoms with Gasteiger partial charge < -0.3 is 10.1 Å². The van der Waals surface area contributed by atoms with Gasteiger partial charge in [-0.3, -0.25) is 0 Å². The van der Waals surface area contributed by atoms with Gasteiger partial charge in [0, 0.05) is 5.41 Å². The molecule has 0 bridgehead atoms. The third-order valence-corrected chi connectivity index (χ3v) is 3.67. The molecule has 1 unspecified atom stereocenters. The van der Waals surface area contributed by atoms with Gasteiger partial charge in [-0.2, -0.15) is 0 Å². The Hall–Kier alpha value is -0.730. The van der Waals surface area contributed by atoms with Gasteiger partial charge in [-0.05, 0) is 19.3 Å². The normalized spacial score (nSPS) is 37.2. The first-order chi connectivity index (χ1) is 6.06. The molecule has 1 saturated carbocycles. The van der Waals surface area contributed by atoms with Crippen LogP contribution in [0.2, 0.25) is 0 Å². The fourth-order valence-corrected chi connectivity index (χ4v) is 2.53. The van der Waals surface area contributed by atoms with Crippen LogP contribution in [0.3, 0.4) is 0 Å². The monoisotopic (exact) mass is 183 g/mol. The summed E-state index contributed by atoms with van der Waals surface area (Å²) in [6, 6.07) is 0. The molecular weight excluding hydrogens is 166 g/mol. The summed E-state index contributed by atoms with van der Waals surface area (Å²) in [6.07, 6.45) is 4.36. The molecule has 1 saturated heterocycles. The maximum Gasteiger partial charge on any atom is 0.407 e. The summed E-state index contributed by atoms with van der Waals surface area (Å²) in [5.41, 5.74) is -0.0905. The number of rotatable bonds is 0. The van der Waals surface area contributed by atoms with Crippen LogP contribution in [0.15, 0.2) is 0 Å². The van der Waals surface area contributed by atoms with E-state index >= 15 is 0 Å². The molecule has 3 nitrogen and oxygen atoms in total. The summed E-state index contributed by atoms with van der Waals surface area (Å²) in [5, 5.41) is 2.77. The van der Waals surface area contributed by atoms with Crippen LogP contribution in [-0.2, 0) is 4.74 Å². The zero-order valence-corrected chi connectivity index (χ0v) is 8.35. The number of hydrogen-bond donors (Lipinski definition) is 1. The molecule has 1 N–H and O–H groups in total. The third kappa shape index (κ3) is 1.21. The number of carbonyl (C=O) groups is 1. The van der Waals surface area contributed by atoms with Crippen LogP contribution < -0.4 is 5.32 Å². The van der Waals surface area contributed by atoms with Gasteiger partial charge >= 0.3 is 6.09 Å². The molecule has 1 atom stereocenters. The highest BCUT2D eigenvalue weighted by molar-refractivity contribution is 5.70. The molecular formula is C10H17NO2. The van der Waals surface area contributed by atoms with E-state index in [1.54, 1.807) is 0 Å². The van der Waals surface area contributed by atoms with Crippen molar-refractivity contribution in [1.29, 1.82) is 0 Å². The van der Waals surface area contributed by atoms with Crippen molar-refractivity contribution in [3.8, 4) is 0 Å². The predicted molar refractivity (Wildman–Crippen MR) is 49.5 cm³/mol. The summed E-state index contributed by atoms with van der Waals surface area (Å²) in [7, 11) is 0. The number of nitrogens with one attached hydrogen (secondary N) is 1. The van der Waals surface area contributed by atoms with E-state index in [0.717, 1.165) is 12.8 Å². The molecule has 13 heavy (non-hydrogen) atoms. The lowest BCUT2D eigenvalue weighted by molar-refractivity contribution is -0.0698. The van der Waals surface area contributed by atoms with Crippen LogP contribution in [-0.4, -0.2) is 18.2 Å². The summed E-state index contributed by atoms with van der Waals surface area (Å²) >= 11 is 0. The lowest BCUT2D eigenvalue weighted by Gasteiger charge is -2.45. The van der Waals surface area contributed by atoms with E-state index in [-0.39, 0.29) is 17.1 Å². The second kappa shape index (κ2) is 2.63. The molecule has 1 aliphatic carbocycles. The Kier molecular flexibility index (Phi) is 1.79. The van der Waals surface area contributed by atoms with Crippen LogP contribution in [0.25, 0.3) is 0 Å². The van der Waals surface area contributed by atoms with Crippen molar-refractivity contribution in [2.75, 3.05) is 6.54 Å². The lowest BCUT2D eigenvalue weighted by atomic mass is 9.65. The van der Waals surface area contributed by atoms with E-state index in [4.69, 9.17) is 4.74 Å². The van der Waals surface area contributed by atoms with Crippen molar-refractivity contribution in [1.82, 2.24) is 5.32 Å². The van der Waals surface area contributed by atoms with E-state index in [1.165, 1.54) is 12.8 Å². The van der Waals surface area contributed by atoms with Crippen LogP contribution in [0.5, 0.6) is 0 Å². The number of alkyl carbamates (subject to hydrolysis) is 1. The second-order valence-corrected chi connectivity index (χ2v) is 4.83. The van der Waals surface area contributed by atoms with Gasteiger partial charge in [0.1, 0.15) is 5.60 Å². The Labute approximate surface area is 78.8 Å². The SMILES string of the molecule is CC1(C)CCCCC12CNC(=O)O2. The highest BCUT2D eigenvalue weighted by Gasteiger charge is 2.52. The molecule has 0 aromatic rings. The van der Waals surface area contributed by atoms with Crippen molar-refractivity contribution in [3.63, 3.8) is 0 Å². The second-order valence-electron chi connectivity index (χ2n) is 4.83. The first-order valence-corrected chi connectivity index (χ1v) is 5.03. The zero-order chi connectivity index (χ0) is 9.53. The highest BCUT2D eigenvalue weighted by Crippen LogP contribution is 2.47. The Balaban J connectivity index is 2.23.